The lowest BCUT2D eigenvalue weighted by Crippen LogP contribution is -2.52. The number of nitrogens with one attached hydrogen (secondary N) is 1. The highest BCUT2D eigenvalue weighted by Gasteiger charge is 2.37. The number of esters is 2. The number of hydrogen-bond acceptors (Lipinski definition) is 9. The van der Waals surface area contributed by atoms with Crippen LogP contribution in [-0.4, -0.2) is 72.7 Å². The van der Waals surface area contributed by atoms with E-state index in [1.54, 1.807) is 6.07 Å². The van der Waals surface area contributed by atoms with Gasteiger partial charge in [-0.25, -0.2) is 14.4 Å². The third-order valence-corrected chi connectivity index (χ3v) is 5.92. The molecule has 172 valence electrons. The van der Waals surface area contributed by atoms with Crippen LogP contribution in [0, 0.1) is 11.3 Å². The van der Waals surface area contributed by atoms with E-state index < -0.39 is 41.3 Å². The fourth-order valence-corrected chi connectivity index (χ4v) is 4.01. The molecule has 1 heterocycles. The summed E-state index contributed by atoms with van der Waals surface area (Å²) < 4.78 is 14.6. The number of nitrogens with zero attached hydrogens (tertiary/aromatic N) is 2. The van der Waals surface area contributed by atoms with Gasteiger partial charge in [-0.1, -0.05) is 30.3 Å². The third-order valence-electron chi connectivity index (χ3n) is 4.76. The van der Waals surface area contributed by atoms with Gasteiger partial charge in [0, 0.05) is 12.3 Å². The Morgan fingerprint density at radius 2 is 1.88 bits per heavy atom. The van der Waals surface area contributed by atoms with Crippen molar-refractivity contribution in [3.8, 4) is 6.07 Å². The number of ether oxygens (including phenoxy) is 3. The minimum absolute atomic E-state index is 0.0784. The molecule has 1 unspecified atom stereocenters. The molecule has 0 aromatic heterocycles. The molecule has 3 atom stereocenters. The first-order chi connectivity index (χ1) is 15.4. The first-order valence-electron chi connectivity index (χ1n) is 9.85. The van der Waals surface area contributed by atoms with Crippen molar-refractivity contribution in [2.45, 2.75) is 36.8 Å². The van der Waals surface area contributed by atoms with E-state index >= 15 is 0 Å². The molecule has 2 amide bonds. The molecule has 1 aliphatic heterocycles. The Bertz CT molecular complexity index is 859. The second-order valence-electron chi connectivity index (χ2n) is 6.84. The number of rotatable bonds is 9. The van der Waals surface area contributed by atoms with Gasteiger partial charge in [0.15, 0.2) is 5.25 Å². The Hall–Kier alpha value is -3.26. The number of carbonyl (C=O) groups excluding carboxylic acids is 4. The Balaban J connectivity index is 1.98. The SMILES string of the molecule is COC(=O)C(C#N)SC[C@H](NC(=O)[C@@H]1CCCN1C(=O)OCc1ccccc1)C(=O)OC. The van der Waals surface area contributed by atoms with Crippen LogP contribution in [0.3, 0.4) is 0 Å². The highest BCUT2D eigenvalue weighted by Crippen LogP contribution is 2.20. The van der Waals surface area contributed by atoms with Gasteiger partial charge in [0.05, 0.1) is 20.3 Å². The molecular weight excluding hydrogens is 438 g/mol. The molecule has 0 saturated carbocycles. The van der Waals surface area contributed by atoms with E-state index in [0.717, 1.165) is 31.5 Å². The summed E-state index contributed by atoms with van der Waals surface area (Å²) in [7, 11) is 2.31. The predicted molar refractivity (Wildman–Crippen MR) is 114 cm³/mol. The maximum Gasteiger partial charge on any atom is 0.410 e. The van der Waals surface area contributed by atoms with E-state index in [4.69, 9.17) is 14.7 Å². The van der Waals surface area contributed by atoms with Gasteiger partial charge >= 0.3 is 18.0 Å². The van der Waals surface area contributed by atoms with Gasteiger partial charge in [-0.05, 0) is 18.4 Å². The standard InChI is InChI=1S/C21H25N3O7S/c1-29-19(26)15(13-32-17(11-22)20(27)30-2)23-18(25)16-9-6-10-24(16)21(28)31-12-14-7-4-3-5-8-14/h3-5,7-8,15-17H,6,9-10,12-13H2,1-2H3,(H,23,25)/t15-,16-,17?/m0/s1. The van der Waals surface area contributed by atoms with E-state index in [0.29, 0.717) is 19.4 Å². The molecule has 1 aromatic rings. The van der Waals surface area contributed by atoms with Crippen LogP contribution in [-0.2, 0) is 35.2 Å². The van der Waals surface area contributed by atoms with Crippen molar-refractivity contribution in [1.29, 1.82) is 5.26 Å². The summed E-state index contributed by atoms with van der Waals surface area (Å²) in [6, 6.07) is 9.02. The smallest absolute Gasteiger partial charge is 0.410 e. The Labute approximate surface area is 190 Å². The molecule has 1 aromatic carbocycles. The molecule has 0 radical (unpaired) electrons. The summed E-state index contributed by atoms with van der Waals surface area (Å²) in [6.45, 7) is 0.428. The van der Waals surface area contributed by atoms with Crippen LogP contribution in [0.4, 0.5) is 4.79 Å². The second-order valence-corrected chi connectivity index (χ2v) is 7.98. The Morgan fingerprint density at radius 3 is 2.50 bits per heavy atom. The van der Waals surface area contributed by atoms with Crippen LogP contribution in [0.5, 0.6) is 0 Å². The van der Waals surface area contributed by atoms with Crippen LogP contribution in [0.15, 0.2) is 30.3 Å². The van der Waals surface area contributed by atoms with Gasteiger partial charge in [0.25, 0.3) is 0 Å². The molecule has 10 nitrogen and oxygen atoms in total. The fourth-order valence-electron chi connectivity index (χ4n) is 3.10. The first-order valence-corrected chi connectivity index (χ1v) is 10.9. The minimum Gasteiger partial charge on any atom is -0.467 e. The normalized spacial score (nSPS) is 16.9. The zero-order valence-corrected chi connectivity index (χ0v) is 18.6. The van der Waals surface area contributed by atoms with Gasteiger partial charge in [0.1, 0.15) is 18.7 Å². The summed E-state index contributed by atoms with van der Waals surface area (Å²) in [5.74, 6) is -2.11. The van der Waals surface area contributed by atoms with Crippen LogP contribution < -0.4 is 5.32 Å². The lowest BCUT2D eigenvalue weighted by Gasteiger charge is -2.25. The lowest BCUT2D eigenvalue weighted by atomic mass is 10.2. The monoisotopic (exact) mass is 463 g/mol. The van der Waals surface area contributed by atoms with Gasteiger partial charge in [-0.3, -0.25) is 9.69 Å². The zero-order valence-electron chi connectivity index (χ0n) is 17.8. The lowest BCUT2D eigenvalue weighted by molar-refractivity contribution is -0.145. The fraction of sp³-hybridized carbons (Fsp3) is 0.476. The molecule has 11 heteroatoms. The summed E-state index contributed by atoms with van der Waals surface area (Å²) in [5.41, 5.74) is 0.821. The number of nitriles is 1. The van der Waals surface area contributed by atoms with E-state index in [9.17, 15) is 19.2 Å². The van der Waals surface area contributed by atoms with E-state index in [2.05, 4.69) is 10.1 Å². The van der Waals surface area contributed by atoms with Crippen molar-refractivity contribution in [2.75, 3.05) is 26.5 Å². The van der Waals surface area contributed by atoms with Crippen molar-refractivity contribution in [1.82, 2.24) is 10.2 Å². The summed E-state index contributed by atoms with van der Waals surface area (Å²) in [6.07, 6.45) is 0.399. The number of amides is 2. The molecule has 1 N–H and O–H groups in total. The largest absolute Gasteiger partial charge is 0.467 e. The summed E-state index contributed by atoms with van der Waals surface area (Å²) in [5, 5.41) is 10.5. The Kier molecular flexibility index (Phi) is 9.81. The van der Waals surface area contributed by atoms with E-state index in [-0.39, 0.29) is 12.4 Å². The topological polar surface area (TPSA) is 135 Å². The van der Waals surface area contributed by atoms with Gasteiger partial charge in [0.2, 0.25) is 5.91 Å². The van der Waals surface area contributed by atoms with Gasteiger partial charge in [-0.2, -0.15) is 5.26 Å². The molecule has 0 aliphatic carbocycles. The molecule has 0 bridgehead atoms. The molecule has 1 fully saturated rings. The number of thioether (sulfide) groups is 1. The first kappa shape index (κ1) is 25.0. The van der Waals surface area contributed by atoms with Crippen LogP contribution in [0.25, 0.3) is 0 Å². The number of methoxy groups -OCH3 is 2. The van der Waals surface area contributed by atoms with E-state index in [1.165, 1.54) is 4.90 Å². The molecule has 1 aliphatic rings. The number of benzene rings is 1. The van der Waals surface area contributed by atoms with Crippen molar-refractivity contribution >= 4 is 35.7 Å². The summed E-state index contributed by atoms with van der Waals surface area (Å²) >= 11 is 0.847. The second kappa shape index (κ2) is 12.6. The average Bonchev–Trinajstić information content (AvgIpc) is 3.32. The van der Waals surface area contributed by atoms with Crippen LogP contribution >= 0.6 is 11.8 Å². The average molecular weight is 464 g/mol. The molecule has 0 spiro atoms. The zero-order chi connectivity index (χ0) is 23.5. The predicted octanol–water partition coefficient (Wildman–Crippen LogP) is 1.24. The molecule has 1 saturated heterocycles. The van der Waals surface area contributed by atoms with Crippen LogP contribution in [0.1, 0.15) is 18.4 Å². The molecular formula is C21H25N3O7S. The summed E-state index contributed by atoms with van der Waals surface area (Å²) in [4.78, 5) is 50.4. The number of likely N-dealkylation sites (tertiary alicyclic amines) is 1. The number of hydrogen-bond donors (Lipinski definition) is 1. The van der Waals surface area contributed by atoms with Crippen LogP contribution in [0.2, 0.25) is 0 Å². The van der Waals surface area contributed by atoms with Crippen molar-refractivity contribution in [3.63, 3.8) is 0 Å². The maximum absolute atomic E-state index is 12.8. The van der Waals surface area contributed by atoms with Crippen molar-refractivity contribution in [3.05, 3.63) is 35.9 Å². The van der Waals surface area contributed by atoms with E-state index in [1.807, 2.05) is 30.3 Å². The van der Waals surface area contributed by atoms with Gasteiger partial charge in [-0.15, -0.1) is 11.8 Å². The molecule has 32 heavy (non-hydrogen) atoms. The highest BCUT2D eigenvalue weighted by molar-refractivity contribution is 8.00. The van der Waals surface area contributed by atoms with Gasteiger partial charge < -0.3 is 19.5 Å². The minimum atomic E-state index is -1.15. The maximum atomic E-state index is 12.8. The molecule has 2 rings (SSSR count). The number of carbonyl (C=O) groups is 4. The van der Waals surface area contributed by atoms with Crippen molar-refractivity contribution < 1.29 is 33.4 Å². The highest BCUT2D eigenvalue weighted by atomic mass is 32.2. The third kappa shape index (κ3) is 6.88. The quantitative estimate of drug-likeness (QED) is 0.424. The van der Waals surface area contributed by atoms with Crippen molar-refractivity contribution in [2.24, 2.45) is 0 Å². The Morgan fingerprint density at radius 1 is 1.19 bits per heavy atom.